The molecule has 0 aromatic rings. The zero-order chi connectivity index (χ0) is 14.8. The minimum absolute atomic E-state index is 0.121. The zero-order valence-corrected chi connectivity index (χ0v) is 11.8. The Balaban J connectivity index is 2.04. The normalized spacial score (nSPS) is 29.4. The highest BCUT2D eigenvalue weighted by Crippen LogP contribution is 2.39. The van der Waals surface area contributed by atoms with Crippen molar-refractivity contribution in [2.45, 2.75) is 57.1 Å². The smallest absolute Gasteiger partial charge is 0.326 e. The van der Waals surface area contributed by atoms with Gasteiger partial charge in [0.1, 0.15) is 6.04 Å². The van der Waals surface area contributed by atoms with E-state index in [0.717, 1.165) is 25.7 Å². The molecule has 1 aliphatic carbocycles. The summed E-state index contributed by atoms with van der Waals surface area (Å²) in [7, 11) is 0. The van der Waals surface area contributed by atoms with E-state index in [1.54, 1.807) is 0 Å². The van der Waals surface area contributed by atoms with Crippen molar-refractivity contribution < 1.29 is 19.8 Å². The van der Waals surface area contributed by atoms with Crippen molar-refractivity contribution in [1.29, 1.82) is 0 Å². The molecule has 6 heteroatoms. The number of carboxylic acids is 1. The SMILES string of the molecule is NCC1(CC(=O)N2C[C@H](O)C[C@@H]2C(=O)O)CCCCC1. The van der Waals surface area contributed by atoms with Gasteiger partial charge in [-0.2, -0.15) is 0 Å². The van der Waals surface area contributed by atoms with E-state index in [9.17, 15) is 14.7 Å². The molecule has 0 aromatic carbocycles. The number of aliphatic hydroxyl groups excluding tert-OH is 1. The minimum atomic E-state index is -1.04. The first-order chi connectivity index (χ1) is 9.47. The predicted octanol–water partition coefficient (Wildman–Crippen LogP) is 0.332. The quantitative estimate of drug-likeness (QED) is 0.690. The summed E-state index contributed by atoms with van der Waals surface area (Å²) >= 11 is 0. The van der Waals surface area contributed by atoms with E-state index in [0.29, 0.717) is 13.0 Å². The predicted molar refractivity (Wildman–Crippen MR) is 73.0 cm³/mol. The molecule has 2 rings (SSSR count). The number of hydrogen-bond acceptors (Lipinski definition) is 4. The Morgan fingerprint density at radius 3 is 2.45 bits per heavy atom. The highest BCUT2D eigenvalue weighted by atomic mass is 16.4. The average molecular weight is 284 g/mol. The van der Waals surface area contributed by atoms with Crippen LogP contribution in [0, 0.1) is 5.41 Å². The molecular formula is C14H24N2O4. The third-order valence-electron chi connectivity index (χ3n) is 4.76. The number of likely N-dealkylation sites (tertiary alicyclic amines) is 1. The first-order valence-corrected chi connectivity index (χ1v) is 7.38. The second-order valence-corrected chi connectivity index (χ2v) is 6.23. The summed E-state index contributed by atoms with van der Waals surface area (Å²) in [5, 5.41) is 18.8. The van der Waals surface area contributed by atoms with Crippen molar-refractivity contribution in [1.82, 2.24) is 4.90 Å². The van der Waals surface area contributed by atoms with Crippen LogP contribution in [-0.2, 0) is 9.59 Å². The van der Waals surface area contributed by atoms with Gasteiger partial charge in [0.2, 0.25) is 5.91 Å². The molecule has 20 heavy (non-hydrogen) atoms. The molecule has 1 heterocycles. The summed E-state index contributed by atoms with van der Waals surface area (Å²) in [6, 6.07) is -0.893. The monoisotopic (exact) mass is 284 g/mol. The Kier molecular flexibility index (Phi) is 4.65. The Morgan fingerprint density at radius 1 is 1.25 bits per heavy atom. The number of rotatable bonds is 4. The Bertz CT molecular complexity index is 379. The molecule has 0 aromatic heterocycles. The molecular weight excluding hydrogens is 260 g/mol. The molecule has 2 fully saturated rings. The van der Waals surface area contributed by atoms with E-state index < -0.39 is 18.1 Å². The van der Waals surface area contributed by atoms with Gasteiger partial charge in [-0.3, -0.25) is 4.79 Å². The Labute approximate surface area is 118 Å². The standard InChI is InChI=1S/C14H24N2O4/c15-9-14(4-2-1-3-5-14)7-12(18)16-8-10(17)6-11(16)13(19)20/h10-11,17H,1-9,15H2,(H,19,20)/t10-,11-/m1/s1. The lowest BCUT2D eigenvalue weighted by atomic mass is 9.71. The molecule has 1 aliphatic heterocycles. The maximum atomic E-state index is 12.4. The van der Waals surface area contributed by atoms with Crippen molar-refractivity contribution in [3.63, 3.8) is 0 Å². The minimum Gasteiger partial charge on any atom is -0.480 e. The molecule has 0 unspecified atom stereocenters. The van der Waals surface area contributed by atoms with Gasteiger partial charge in [0, 0.05) is 19.4 Å². The lowest BCUT2D eigenvalue weighted by molar-refractivity contribution is -0.149. The van der Waals surface area contributed by atoms with Crippen LogP contribution in [0.25, 0.3) is 0 Å². The van der Waals surface area contributed by atoms with Gasteiger partial charge < -0.3 is 20.8 Å². The van der Waals surface area contributed by atoms with Crippen LogP contribution in [0.2, 0.25) is 0 Å². The van der Waals surface area contributed by atoms with Gasteiger partial charge in [-0.25, -0.2) is 4.79 Å². The molecule has 2 aliphatic rings. The average Bonchev–Trinajstić information content (AvgIpc) is 2.82. The summed E-state index contributed by atoms with van der Waals surface area (Å²) in [4.78, 5) is 24.9. The number of β-amino-alcohol motifs (C(OH)–C–C–N with tert-alkyl or cyclic N) is 1. The van der Waals surface area contributed by atoms with Crippen molar-refractivity contribution >= 4 is 11.9 Å². The fourth-order valence-electron chi connectivity index (χ4n) is 3.50. The second-order valence-electron chi connectivity index (χ2n) is 6.23. The van der Waals surface area contributed by atoms with Gasteiger partial charge in [0.15, 0.2) is 0 Å². The first-order valence-electron chi connectivity index (χ1n) is 7.38. The van der Waals surface area contributed by atoms with Crippen LogP contribution in [0.5, 0.6) is 0 Å². The summed E-state index contributed by atoms with van der Waals surface area (Å²) in [6.07, 6.45) is 4.89. The number of nitrogens with zero attached hydrogens (tertiary/aromatic N) is 1. The van der Waals surface area contributed by atoms with Crippen LogP contribution in [0.4, 0.5) is 0 Å². The van der Waals surface area contributed by atoms with Crippen molar-refractivity contribution in [2.75, 3.05) is 13.1 Å². The van der Waals surface area contributed by atoms with Crippen LogP contribution in [0.15, 0.2) is 0 Å². The topological polar surface area (TPSA) is 104 Å². The maximum Gasteiger partial charge on any atom is 0.326 e. The van der Waals surface area contributed by atoms with E-state index in [-0.39, 0.29) is 24.3 Å². The third-order valence-corrected chi connectivity index (χ3v) is 4.76. The molecule has 114 valence electrons. The first kappa shape index (κ1) is 15.3. The molecule has 0 radical (unpaired) electrons. The lowest BCUT2D eigenvalue weighted by Crippen LogP contribution is -2.45. The molecule has 1 saturated carbocycles. The zero-order valence-electron chi connectivity index (χ0n) is 11.8. The van der Waals surface area contributed by atoms with Gasteiger partial charge in [0.05, 0.1) is 6.10 Å². The van der Waals surface area contributed by atoms with Gasteiger partial charge in [0.25, 0.3) is 0 Å². The largest absolute Gasteiger partial charge is 0.480 e. The number of nitrogens with two attached hydrogens (primary N) is 1. The highest BCUT2D eigenvalue weighted by molar-refractivity contribution is 5.84. The molecule has 1 amide bonds. The maximum absolute atomic E-state index is 12.4. The third kappa shape index (κ3) is 3.12. The summed E-state index contributed by atoms with van der Waals surface area (Å²) < 4.78 is 0. The highest BCUT2D eigenvalue weighted by Gasteiger charge is 2.42. The van der Waals surface area contributed by atoms with E-state index in [4.69, 9.17) is 10.8 Å². The fraction of sp³-hybridized carbons (Fsp3) is 0.857. The summed E-state index contributed by atoms with van der Waals surface area (Å²) in [5.41, 5.74) is 5.70. The molecule has 4 N–H and O–H groups in total. The van der Waals surface area contributed by atoms with Crippen LogP contribution in [-0.4, -0.2) is 52.2 Å². The van der Waals surface area contributed by atoms with E-state index >= 15 is 0 Å². The van der Waals surface area contributed by atoms with Gasteiger partial charge in [-0.15, -0.1) is 0 Å². The number of aliphatic carboxylic acids is 1. The second kappa shape index (κ2) is 6.10. The van der Waals surface area contributed by atoms with Crippen LogP contribution < -0.4 is 5.73 Å². The van der Waals surface area contributed by atoms with Gasteiger partial charge in [-0.05, 0) is 24.8 Å². The molecule has 6 nitrogen and oxygen atoms in total. The molecule has 2 atom stereocenters. The Hall–Kier alpha value is -1.14. The number of hydrogen-bond donors (Lipinski definition) is 3. The van der Waals surface area contributed by atoms with E-state index in [2.05, 4.69) is 0 Å². The fourth-order valence-corrected chi connectivity index (χ4v) is 3.50. The van der Waals surface area contributed by atoms with E-state index in [1.165, 1.54) is 11.3 Å². The number of aliphatic hydroxyl groups is 1. The van der Waals surface area contributed by atoms with Gasteiger partial charge in [-0.1, -0.05) is 19.3 Å². The Morgan fingerprint density at radius 2 is 1.90 bits per heavy atom. The molecule has 0 bridgehead atoms. The number of amides is 1. The summed E-state index contributed by atoms with van der Waals surface area (Å²) in [6.45, 7) is 0.587. The van der Waals surface area contributed by atoms with Crippen LogP contribution >= 0.6 is 0 Å². The van der Waals surface area contributed by atoms with Crippen LogP contribution in [0.1, 0.15) is 44.9 Å². The lowest BCUT2D eigenvalue weighted by Gasteiger charge is -2.37. The van der Waals surface area contributed by atoms with Crippen LogP contribution in [0.3, 0.4) is 0 Å². The number of carbonyl (C=O) groups excluding carboxylic acids is 1. The van der Waals surface area contributed by atoms with E-state index in [1.807, 2.05) is 0 Å². The number of carbonyl (C=O) groups is 2. The molecule has 0 spiro atoms. The number of carboxylic acid groups (broad SMARTS) is 1. The van der Waals surface area contributed by atoms with Crippen molar-refractivity contribution in [3.05, 3.63) is 0 Å². The van der Waals surface area contributed by atoms with Crippen molar-refractivity contribution in [3.8, 4) is 0 Å². The molecule has 1 saturated heterocycles. The van der Waals surface area contributed by atoms with Gasteiger partial charge >= 0.3 is 5.97 Å². The summed E-state index contributed by atoms with van der Waals surface area (Å²) in [5.74, 6) is -1.22. The van der Waals surface area contributed by atoms with Crippen molar-refractivity contribution in [2.24, 2.45) is 11.1 Å².